The average molecular weight is 228 g/mol. The highest BCUT2D eigenvalue weighted by molar-refractivity contribution is 7.19. The van der Waals surface area contributed by atoms with Gasteiger partial charge < -0.3 is 16.0 Å². The number of carbonyl (C=O) groups excluding carboxylic acids is 1. The summed E-state index contributed by atoms with van der Waals surface area (Å²) < 4.78 is 0. The molecule has 0 aliphatic heterocycles. The fraction of sp³-hybridized carbons (Fsp3) is 0.556. The van der Waals surface area contributed by atoms with Gasteiger partial charge in [-0.05, 0) is 13.8 Å². The molecule has 5 nitrogen and oxygen atoms in total. The van der Waals surface area contributed by atoms with Crippen LogP contribution in [0.1, 0.15) is 13.8 Å². The third-order valence-corrected chi connectivity index (χ3v) is 2.84. The zero-order chi connectivity index (χ0) is 11.4. The highest BCUT2D eigenvalue weighted by Gasteiger charge is 2.16. The minimum absolute atomic E-state index is 0.0475. The van der Waals surface area contributed by atoms with Crippen LogP contribution in [0.15, 0.2) is 6.20 Å². The van der Waals surface area contributed by atoms with E-state index in [9.17, 15) is 4.79 Å². The molecule has 0 aliphatic rings. The largest absolute Gasteiger partial charge is 0.389 e. The summed E-state index contributed by atoms with van der Waals surface area (Å²) in [6.45, 7) is 4.45. The van der Waals surface area contributed by atoms with E-state index in [0.29, 0.717) is 16.7 Å². The predicted molar refractivity (Wildman–Crippen MR) is 62.9 cm³/mol. The Bertz CT molecular complexity index is 339. The lowest BCUT2D eigenvalue weighted by Crippen LogP contribution is -2.38. The Labute approximate surface area is 93.3 Å². The standard InChI is InChI=1S/C9H16N4OS/c1-4-13(3)8(14)6(2)12-9-11-5-7(10)15-9/h5-6H,4,10H2,1-3H3,(H,11,12). The molecule has 0 fully saturated rings. The Hall–Kier alpha value is -1.30. The topological polar surface area (TPSA) is 71.2 Å². The van der Waals surface area contributed by atoms with Crippen molar-refractivity contribution in [2.75, 3.05) is 24.6 Å². The van der Waals surface area contributed by atoms with Crippen molar-refractivity contribution in [1.82, 2.24) is 9.88 Å². The first-order chi connectivity index (χ1) is 7.04. The molecule has 15 heavy (non-hydrogen) atoms. The number of aromatic nitrogens is 1. The van der Waals surface area contributed by atoms with Crippen LogP contribution < -0.4 is 11.1 Å². The number of nitrogens with two attached hydrogens (primary N) is 1. The van der Waals surface area contributed by atoms with Crippen molar-refractivity contribution in [2.24, 2.45) is 0 Å². The van der Waals surface area contributed by atoms with Crippen LogP contribution >= 0.6 is 11.3 Å². The maximum absolute atomic E-state index is 11.7. The normalized spacial score (nSPS) is 12.2. The van der Waals surface area contributed by atoms with Crippen molar-refractivity contribution in [3.63, 3.8) is 0 Å². The molecule has 1 rings (SSSR count). The highest BCUT2D eigenvalue weighted by Crippen LogP contribution is 2.20. The molecule has 6 heteroatoms. The van der Waals surface area contributed by atoms with Gasteiger partial charge in [0.2, 0.25) is 5.91 Å². The maximum atomic E-state index is 11.7. The number of amides is 1. The van der Waals surface area contributed by atoms with Crippen LogP contribution in [0.25, 0.3) is 0 Å². The molecule has 0 radical (unpaired) electrons. The van der Waals surface area contributed by atoms with Crippen molar-refractivity contribution >= 4 is 27.4 Å². The summed E-state index contributed by atoms with van der Waals surface area (Å²) in [6.07, 6.45) is 1.58. The van der Waals surface area contributed by atoms with Gasteiger partial charge in [-0.25, -0.2) is 4.98 Å². The van der Waals surface area contributed by atoms with Gasteiger partial charge in [0.15, 0.2) is 5.13 Å². The van der Waals surface area contributed by atoms with Crippen molar-refractivity contribution in [1.29, 1.82) is 0 Å². The number of thiazole rings is 1. The molecule has 0 spiro atoms. The maximum Gasteiger partial charge on any atom is 0.244 e. The summed E-state index contributed by atoms with van der Waals surface area (Å²) in [5, 5.41) is 4.33. The molecule has 0 aliphatic carbocycles. The van der Waals surface area contributed by atoms with Crippen molar-refractivity contribution in [2.45, 2.75) is 19.9 Å². The number of rotatable bonds is 4. The second-order valence-corrected chi connectivity index (χ2v) is 4.35. The van der Waals surface area contributed by atoms with Crippen LogP contribution in [0.2, 0.25) is 0 Å². The summed E-state index contributed by atoms with van der Waals surface area (Å²) in [5.74, 6) is 0.0475. The number of nitrogens with one attached hydrogen (secondary N) is 1. The molecule has 1 amide bonds. The van der Waals surface area contributed by atoms with Crippen LogP contribution in [0.3, 0.4) is 0 Å². The van der Waals surface area contributed by atoms with E-state index in [-0.39, 0.29) is 11.9 Å². The molecule has 0 saturated carbocycles. The molecule has 3 N–H and O–H groups in total. The number of carbonyl (C=O) groups is 1. The zero-order valence-electron chi connectivity index (χ0n) is 9.15. The van der Waals surface area contributed by atoms with E-state index in [1.807, 2.05) is 13.8 Å². The minimum atomic E-state index is -0.277. The average Bonchev–Trinajstić information content (AvgIpc) is 2.61. The van der Waals surface area contributed by atoms with Crippen LogP contribution in [0.4, 0.5) is 10.1 Å². The molecule has 0 aromatic carbocycles. The van der Waals surface area contributed by atoms with Gasteiger partial charge in [-0.2, -0.15) is 0 Å². The molecular formula is C9H16N4OS. The number of hydrogen-bond acceptors (Lipinski definition) is 5. The van der Waals surface area contributed by atoms with Crippen molar-refractivity contribution in [3.8, 4) is 0 Å². The highest BCUT2D eigenvalue weighted by atomic mass is 32.1. The summed E-state index contributed by atoms with van der Waals surface area (Å²) in [6, 6.07) is -0.277. The van der Waals surface area contributed by atoms with Gasteiger partial charge in [0.25, 0.3) is 0 Å². The Morgan fingerprint density at radius 1 is 1.80 bits per heavy atom. The molecule has 0 bridgehead atoms. The fourth-order valence-electron chi connectivity index (χ4n) is 1.09. The SMILES string of the molecule is CCN(C)C(=O)C(C)Nc1ncc(N)s1. The van der Waals surface area contributed by atoms with Gasteiger partial charge in [-0.3, -0.25) is 4.79 Å². The Morgan fingerprint density at radius 3 is 2.93 bits per heavy atom. The summed E-state index contributed by atoms with van der Waals surface area (Å²) in [4.78, 5) is 17.4. The van der Waals surface area contributed by atoms with E-state index in [0.717, 1.165) is 0 Å². The molecule has 0 saturated heterocycles. The first kappa shape index (κ1) is 11.8. The van der Waals surface area contributed by atoms with Crippen molar-refractivity contribution < 1.29 is 4.79 Å². The number of nitrogen functional groups attached to an aromatic ring is 1. The summed E-state index contributed by atoms with van der Waals surface area (Å²) in [5.41, 5.74) is 5.54. The van der Waals surface area contributed by atoms with Gasteiger partial charge >= 0.3 is 0 Å². The van der Waals surface area contributed by atoms with E-state index < -0.39 is 0 Å². The third-order valence-electron chi connectivity index (χ3n) is 2.08. The molecule has 1 atom stereocenters. The van der Waals surface area contributed by atoms with Gasteiger partial charge in [-0.15, -0.1) is 0 Å². The first-order valence-electron chi connectivity index (χ1n) is 4.77. The van der Waals surface area contributed by atoms with Crippen LogP contribution in [0, 0.1) is 0 Å². The van der Waals surface area contributed by atoms with Gasteiger partial charge in [0, 0.05) is 13.6 Å². The smallest absolute Gasteiger partial charge is 0.244 e. The van der Waals surface area contributed by atoms with Gasteiger partial charge in [0.1, 0.15) is 11.0 Å². The van der Waals surface area contributed by atoms with Crippen LogP contribution in [-0.2, 0) is 4.79 Å². The summed E-state index contributed by atoms with van der Waals surface area (Å²) in [7, 11) is 1.77. The Kier molecular flexibility index (Phi) is 3.90. The van der Waals surface area contributed by atoms with Gasteiger partial charge in [-0.1, -0.05) is 11.3 Å². The number of likely N-dealkylation sites (N-methyl/N-ethyl adjacent to an activating group) is 1. The van der Waals surface area contributed by atoms with E-state index >= 15 is 0 Å². The minimum Gasteiger partial charge on any atom is -0.389 e. The zero-order valence-corrected chi connectivity index (χ0v) is 9.97. The van der Waals surface area contributed by atoms with Crippen molar-refractivity contribution in [3.05, 3.63) is 6.20 Å². The molecular weight excluding hydrogens is 212 g/mol. The molecule has 1 heterocycles. The molecule has 1 aromatic heterocycles. The van der Waals surface area contributed by atoms with Crippen LogP contribution in [0.5, 0.6) is 0 Å². The summed E-state index contributed by atoms with van der Waals surface area (Å²) >= 11 is 1.34. The Balaban J connectivity index is 2.55. The van der Waals surface area contributed by atoms with Crippen LogP contribution in [-0.4, -0.2) is 35.4 Å². The monoisotopic (exact) mass is 228 g/mol. The van der Waals surface area contributed by atoms with E-state index in [1.165, 1.54) is 11.3 Å². The fourth-order valence-corrected chi connectivity index (χ4v) is 1.76. The lowest BCUT2D eigenvalue weighted by molar-refractivity contribution is -0.130. The quantitative estimate of drug-likeness (QED) is 0.806. The number of nitrogens with zero attached hydrogens (tertiary/aromatic N) is 2. The molecule has 84 valence electrons. The number of hydrogen-bond donors (Lipinski definition) is 2. The second-order valence-electron chi connectivity index (χ2n) is 3.29. The number of anilines is 2. The predicted octanol–water partition coefficient (Wildman–Crippen LogP) is 1.00. The first-order valence-corrected chi connectivity index (χ1v) is 5.59. The van der Waals surface area contributed by atoms with E-state index in [1.54, 1.807) is 18.1 Å². The van der Waals surface area contributed by atoms with Gasteiger partial charge in [0.05, 0.1) is 6.20 Å². The van der Waals surface area contributed by atoms with E-state index in [4.69, 9.17) is 5.73 Å². The third kappa shape index (κ3) is 3.09. The van der Waals surface area contributed by atoms with E-state index in [2.05, 4.69) is 10.3 Å². The lowest BCUT2D eigenvalue weighted by Gasteiger charge is -2.20. The Morgan fingerprint density at radius 2 is 2.47 bits per heavy atom. The second kappa shape index (κ2) is 4.97. The molecule has 1 aromatic rings. The lowest BCUT2D eigenvalue weighted by atomic mass is 10.3. The molecule has 1 unspecified atom stereocenters.